The summed E-state index contributed by atoms with van der Waals surface area (Å²) < 4.78 is 0. The predicted octanol–water partition coefficient (Wildman–Crippen LogP) is 2.92. The molecule has 0 bridgehead atoms. The first-order valence-electron chi connectivity index (χ1n) is 4.34. The zero-order valence-electron chi connectivity index (χ0n) is 6.96. The summed E-state index contributed by atoms with van der Waals surface area (Å²) in [6.45, 7) is 0. The van der Waals surface area contributed by atoms with Crippen molar-refractivity contribution in [3.8, 4) is 0 Å². The lowest BCUT2D eigenvalue weighted by Crippen LogP contribution is -1.85. The predicted molar refractivity (Wildman–Crippen MR) is 50.0 cm³/mol. The van der Waals surface area contributed by atoms with Crippen molar-refractivity contribution < 1.29 is 5.11 Å². The molecule has 1 N–H and O–H groups in total. The van der Waals surface area contributed by atoms with Gasteiger partial charge in [-0.15, -0.1) is 0 Å². The molecule has 62 valence electrons. The van der Waals surface area contributed by atoms with E-state index in [1.165, 1.54) is 11.1 Å². The first-order valence-corrected chi connectivity index (χ1v) is 4.34. The summed E-state index contributed by atoms with van der Waals surface area (Å²) >= 11 is 0. The first-order chi connectivity index (χ1) is 5.86. The molecule has 1 aromatic carbocycles. The number of rotatable bonds is 0. The van der Waals surface area contributed by atoms with Gasteiger partial charge in [-0.3, -0.25) is 0 Å². The number of hydrogen-bond acceptors (Lipinski definition) is 1. The summed E-state index contributed by atoms with van der Waals surface area (Å²) in [5.74, 6) is 0.514. The van der Waals surface area contributed by atoms with Crippen LogP contribution in [0.5, 0.6) is 0 Å². The van der Waals surface area contributed by atoms with Crippen LogP contribution in [-0.2, 0) is 6.42 Å². The molecule has 1 aliphatic rings. The average molecular weight is 160 g/mol. The second kappa shape index (κ2) is 3.02. The molecule has 0 fully saturated rings. The van der Waals surface area contributed by atoms with E-state index in [1.54, 1.807) is 0 Å². The number of benzene rings is 1. The molecule has 1 nitrogen and oxygen atoms in total. The third-order valence-corrected chi connectivity index (χ3v) is 2.26. The maximum Gasteiger partial charge on any atom is 0.0928 e. The van der Waals surface area contributed by atoms with E-state index in [4.69, 9.17) is 0 Å². The van der Waals surface area contributed by atoms with Gasteiger partial charge in [0.2, 0.25) is 0 Å². The lowest BCUT2D eigenvalue weighted by atomic mass is 10.1. The molecule has 12 heavy (non-hydrogen) atoms. The van der Waals surface area contributed by atoms with E-state index < -0.39 is 0 Å². The molecule has 0 saturated carbocycles. The Hall–Kier alpha value is -1.24. The highest BCUT2D eigenvalue weighted by molar-refractivity contribution is 5.56. The molecule has 1 aliphatic carbocycles. The van der Waals surface area contributed by atoms with Crippen molar-refractivity contribution >= 4 is 6.08 Å². The monoisotopic (exact) mass is 160 g/mol. The van der Waals surface area contributed by atoms with Gasteiger partial charge in [0, 0.05) is 6.42 Å². The molecule has 1 aromatic rings. The number of allylic oxidation sites excluding steroid dienone is 1. The smallest absolute Gasteiger partial charge is 0.0928 e. The van der Waals surface area contributed by atoms with E-state index in [0.29, 0.717) is 5.76 Å². The lowest BCUT2D eigenvalue weighted by Gasteiger charge is -2.00. The van der Waals surface area contributed by atoms with E-state index >= 15 is 0 Å². The highest BCUT2D eigenvalue weighted by Gasteiger charge is 2.05. The van der Waals surface area contributed by atoms with E-state index in [1.807, 2.05) is 12.1 Å². The maximum atomic E-state index is 9.40. The summed E-state index contributed by atoms with van der Waals surface area (Å²) in [6, 6.07) is 8.24. The minimum atomic E-state index is 0.514. The van der Waals surface area contributed by atoms with Gasteiger partial charge in [-0.05, 0) is 30.0 Å². The molecule has 2 rings (SSSR count). The Bertz CT molecular complexity index is 313. The van der Waals surface area contributed by atoms with Gasteiger partial charge in [-0.25, -0.2) is 0 Å². The normalized spacial score (nSPS) is 16.2. The number of aliphatic hydroxyl groups is 1. The summed E-state index contributed by atoms with van der Waals surface area (Å²) in [5, 5.41) is 9.40. The van der Waals surface area contributed by atoms with Crippen LogP contribution in [0.15, 0.2) is 30.0 Å². The number of aliphatic hydroxyl groups excluding tert-OH is 1. The number of aryl methyl sites for hydroxylation is 1. The Morgan fingerprint density at radius 3 is 2.83 bits per heavy atom. The van der Waals surface area contributed by atoms with Gasteiger partial charge >= 0.3 is 0 Å². The molecule has 1 heteroatoms. The van der Waals surface area contributed by atoms with E-state index in [0.717, 1.165) is 19.3 Å². The van der Waals surface area contributed by atoms with Gasteiger partial charge < -0.3 is 5.11 Å². The molecule has 0 saturated heterocycles. The van der Waals surface area contributed by atoms with Crippen molar-refractivity contribution in [3.63, 3.8) is 0 Å². The van der Waals surface area contributed by atoms with Crippen LogP contribution in [0.3, 0.4) is 0 Å². The van der Waals surface area contributed by atoms with Crippen molar-refractivity contribution in [3.05, 3.63) is 41.2 Å². The van der Waals surface area contributed by atoms with Crippen molar-refractivity contribution in [2.75, 3.05) is 0 Å². The molecule has 0 spiro atoms. The highest BCUT2D eigenvalue weighted by atomic mass is 16.3. The third kappa shape index (κ3) is 1.35. The van der Waals surface area contributed by atoms with E-state index in [2.05, 4.69) is 18.2 Å². The Morgan fingerprint density at radius 2 is 1.92 bits per heavy atom. The van der Waals surface area contributed by atoms with Gasteiger partial charge in [0.25, 0.3) is 0 Å². The molecule has 0 aromatic heterocycles. The van der Waals surface area contributed by atoms with Gasteiger partial charge in [0.05, 0.1) is 5.76 Å². The SMILES string of the molecule is OC1=Cc2ccccc2CCC1. The fourth-order valence-electron chi connectivity index (χ4n) is 1.61. The van der Waals surface area contributed by atoms with Gasteiger partial charge in [0.1, 0.15) is 0 Å². The molecular formula is C11H12O. The zero-order valence-corrected chi connectivity index (χ0v) is 6.96. The van der Waals surface area contributed by atoms with Crippen molar-refractivity contribution in [2.24, 2.45) is 0 Å². The van der Waals surface area contributed by atoms with Gasteiger partial charge in [-0.1, -0.05) is 24.3 Å². The fourth-order valence-corrected chi connectivity index (χ4v) is 1.61. The van der Waals surface area contributed by atoms with Crippen molar-refractivity contribution in [1.82, 2.24) is 0 Å². The standard InChI is InChI=1S/C11H12O/c12-11-7-3-6-9-4-1-2-5-10(9)8-11/h1-2,4-5,8,12H,3,6-7H2. The molecule has 0 atom stereocenters. The Balaban J connectivity index is 2.47. The van der Waals surface area contributed by atoms with Gasteiger partial charge in [0.15, 0.2) is 0 Å². The summed E-state index contributed by atoms with van der Waals surface area (Å²) in [4.78, 5) is 0. The maximum absolute atomic E-state index is 9.40. The Morgan fingerprint density at radius 1 is 1.08 bits per heavy atom. The molecule has 0 amide bonds. The summed E-state index contributed by atoms with van der Waals surface area (Å²) in [5.41, 5.74) is 2.52. The van der Waals surface area contributed by atoms with Crippen LogP contribution in [0.25, 0.3) is 6.08 Å². The minimum absolute atomic E-state index is 0.514. The quantitative estimate of drug-likeness (QED) is 0.618. The van der Waals surface area contributed by atoms with Crippen LogP contribution in [-0.4, -0.2) is 5.11 Å². The minimum Gasteiger partial charge on any atom is -0.512 e. The van der Waals surface area contributed by atoms with Crippen LogP contribution in [0, 0.1) is 0 Å². The number of fused-ring (bicyclic) bond motifs is 1. The topological polar surface area (TPSA) is 20.2 Å². The van der Waals surface area contributed by atoms with Gasteiger partial charge in [-0.2, -0.15) is 0 Å². The van der Waals surface area contributed by atoms with E-state index in [-0.39, 0.29) is 0 Å². The van der Waals surface area contributed by atoms with Crippen LogP contribution in [0.1, 0.15) is 24.0 Å². The first kappa shape index (κ1) is 7.41. The third-order valence-electron chi connectivity index (χ3n) is 2.26. The molecule has 0 heterocycles. The second-order valence-corrected chi connectivity index (χ2v) is 3.19. The summed E-state index contributed by atoms with van der Waals surface area (Å²) in [7, 11) is 0. The summed E-state index contributed by atoms with van der Waals surface area (Å²) in [6.07, 6.45) is 4.83. The fraction of sp³-hybridized carbons (Fsp3) is 0.273. The van der Waals surface area contributed by atoms with E-state index in [9.17, 15) is 5.11 Å². The van der Waals surface area contributed by atoms with Crippen molar-refractivity contribution in [2.45, 2.75) is 19.3 Å². The Labute approximate surface area is 72.4 Å². The van der Waals surface area contributed by atoms with Crippen molar-refractivity contribution in [1.29, 1.82) is 0 Å². The molecule has 0 radical (unpaired) electrons. The van der Waals surface area contributed by atoms with Crippen LogP contribution in [0.2, 0.25) is 0 Å². The van der Waals surface area contributed by atoms with Crippen LogP contribution in [0.4, 0.5) is 0 Å². The number of hydrogen-bond donors (Lipinski definition) is 1. The highest BCUT2D eigenvalue weighted by Crippen LogP contribution is 2.20. The largest absolute Gasteiger partial charge is 0.512 e. The lowest BCUT2D eigenvalue weighted by molar-refractivity contribution is 0.391. The molecular weight excluding hydrogens is 148 g/mol. The van der Waals surface area contributed by atoms with Crippen LogP contribution >= 0.6 is 0 Å². The molecule has 0 unspecified atom stereocenters. The molecule has 0 aliphatic heterocycles. The Kier molecular flexibility index (Phi) is 1.86. The van der Waals surface area contributed by atoms with Crippen LogP contribution < -0.4 is 0 Å². The second-order valence-electron chi connectivity index (χ2n) is 3.19. The zero-order chi connectivity index (χ0) is 8.39. The average Bonchev–Trinajstić information content (AvgIpc) is 2.25.